The first-order valence-electron chi connectivity index (χ1n) is 11.9. The maximum absolute atomic E-state index is 13.1. The van der Waals surface area contributed by atoms with Gasteiger partial charge in [-0.3, -0.25) is 0 Å². The van der Waals surface area contributed by atoms with Gasteiger partial charge in [-0.1, -0.05) is 48.6 Å². The first-order chi connectivity index (χ1) is 16.9. The van der Waals surface area contributed by atoms with Gasteiger partial charge in [-0.25, -0.2) is 4.79 Å². The lowest BCUT2D eigenvalue weighted by atomic mass is 9.73. The topological polar surface area (TPSA) is 41.6 Å². The maximum atomic E-state index is 13.1. The van der Waals surface area contributed by atoms with E-state index in [1.165, 1.54) is 46.5 Å². The number of allylic oxidation sites excluding steroid dienone is 6. The molecule has 5 rings (SSSR count). The number of rotatable bonds is 3. The van der Waals surface area contributed by atoms with Crippen LogP contribution in [0.25, 0.3) is 0 Å². The molecule has 3 aliphatic rings. The number of benzene rings is 2. The summed E-state index contributed by atoms with van der Waals surface area (Å²) in [5.41, 5.74) is 5.83. The Kier molecular flexibility index (Phi) is 6.41. The fourth-order valence-corrected chi connectivity index (χ4v) is 5.44. The number of likely N-dealkylation sites (tertiary alicyclic amines) is 1. The van der Waals surface area contributed by atoms with Gasteiger partial charge in [-0.15, -0.1) is 13.2 Å². The number of halogens is 3. The van der Waals surface area contributed by atoms with E-state index < -0.39 is 6.36 Å². The summed E-state index contributed by atoms with van der Waals surface area (Å²) in [5, 5.41) is 2.83. The van der Waals surface area contributed by atoms with Crippen molar-refractivity contribution in [1.82, 2.24) is 4.90 Å². The molecule has 1 saturated heterocycles. The van der Waals surface area contributed by atoms with E-state index in [1.807, 2.05) is 4.90 Å². The molecule has 2 amide bonds. The molecule has 0 radical (unpaired) electrons. The third-order valence-corrected chi connectivity index (χ3v) is 6.97. The van der Waals surface area contributed by atoms with Crippen LogP contribution < -0.4 is 10.1 Å². The Hall–Kier alpha value is -3.48. The lowest BCUT2D eigenvalue weighted by Crippen LogP contribution is -2.44. The van der Waals surface area contributed by atoms with Crippen LogP contribution in [0.2, 0.25) is 0 Å². The SMILES string of the molecule is O=C(Nc1ccc(OC(F)(F)F)cc1)N1CCCC(C2C3=CC=CCC3=CCc3ccccc32)C1. The number of nitrogens with one attached hydrogen (secondary N) is 1. The lowest BCUT2D eigenvalue weighted by molar-refractivity contribution is -0.274. The van der Waals surface area contributed by atoms with Gasteiger partial charge in [0.25, 0.3) is 0 Å². The van der Waals surface area contributed by atoms with Crippen molar-refractivity contribution in [2.24, 2.45) is 5.92 Å². The van der Waals surface area contributed by atoms with Crippen molar-refractivity contribution in [3.63, 3.8) is 0 Å². The first kappa shape index (κ1) is 23.3. The van der Waals surface area contributed by atoms with Gasteiger partial charge in [0.1, 0.15) is 5.75 Å². The van der Waals surface area contributed by atoms with Crippen LogP contribution in [0.5, 0.6) is 5.75 Å². The lowest BCUT2D eigenvalue weighted by Gasteiger charge is -2.39. The molecule has 2 unspecified atom stereocenters. The Labute approximate surface area is 202 Å². The van der Waals surface area contributed by atoms with Gasteiger partial charge in [0.2, 0.25) is 0 Å². The molecule has 7 heteroatoms. The number of anilines is 1. The van der Waals surface area contributed by atoms with E-state index in [-0.39, 0.29) is 23.6 Å². The molecule has 1 fully saturated rings. The number of ether oxygens (including phenoxy) is 1. The number of hydrogen-bond donors (Lipinski definition) is 1. The number of urea groups is 1. The maximum Gasteiger partial charge on any atom is 0.573 e. The van der Waals surface area contributed by atoms with Gasteiger partial charge in [0, 0.05) is 24.7 Å². The second kappa shape index (κ2) is 9.64. The molecule has 2 atom stereocenters. The zero-order valence-corrected chi connectivity index (χ0v) is 19.2. The number of nitrogens with zero attached hydrogens (tertiary/aromatic N) is 1. The molecule has 0 bridgehead atoms. The minimum Gasteiger partial charge on any atom is -0.406 e. The van der Waals surface area contributed by atoms with E-state index in [2.05, 4.69) is 58.6 Å². The Morgan fingerprint density at radius 3 is 2.66 bits per heavy atom. The molecule has 2 aromatic rings. The average Bonchev–Trinajstić information content (AvgIpc) is 3.01. The highest BCUT2D eigenvalue weighted by molar-refractivity contribution is 5.89. The molecule has 1 N–H and O–H groups in total. The molecule has 1 aliphatic heterocycles. The third kappa shape index (κ3) is 5.29. The number of piperidine rings is 1. The van der Waals surface area contributed by atoms with Crippen molar-refractivity contribution < 1.29 is 22.7 Å². The van der Waals surface area contributed by atoms with E-state index >= 15 is 0 Å². The number of amides is 2. The highest BCUT2D eigenvalue weighted by atomic mass is 19.4. The number of fused-ring (bicyclic) bond motifs is 2. The van der Waals surface area contributed by atoms with Crippen LogP contribution in [0, 0.1) is 5.92 Å². The molecule has 2 aromatic carbocycles. The summed E-state index contributed by atoms with van der Waals surface area (Å²) >= 11 is 0. The number of hydrogen-bond acceptors (Lipinski definition) is 2. The van der Waals surface area contributed by atoms with Crippen molar-refractivity contribution in [3.05, 3.63) is 95.1 Å². The number of carbonyl (C=O) groups is 1. The third-order valence-electron chi connectivity index (χ3n) is 6.97. The van der Waals surface area contributed by atoms with E-state index in [0.29, 0.717) is 18.8 Å². The second-order valence-electron chi connectivity index (χ2n) is 9.21. The minimum absolute atomic E-state index is 0.222. The summed E-state index contributed by atoms with van der Waals surface area (Å²) in [6.45, 7) is 1.27. The predicted octanol–water partition coefficient (Wildman–Crippen LogP) is 6.98. The zero-order chi connectivity index (χ0) is 24.4. The molecule has 0 aromatic heterocycles. The van der Waals surface area contributed by atoms with Gasteiger partial charge in [0.15, 0.2) is 0 Å². The Balaban J connectivity index is 1.33. The van der Waals surface area contributed by atoms with Gasteiger partial charge in [-0.2, -0.15) is 0 Å². The summed E-state index contributed by atoms with van der Waals surface area (Å²) in [7, 11) is 0. The van der Waals surface area contributed by atoms with Crippen molar-refractivity contribution >= 4 is 11.7 Å². The summed E-state index contributed by atoms with van der Waals surface area (Å²) in [5.74, 6) is 0.177. The van der Waals surface area contributed by atoms with Gasteiger partial charge >= 0.3 is 12.4 Å². The van der Waals surface area contributed by atoms with Gasteiger partial charge in [0.05, 0.1) is 0 Å². The quantitative estimate of drug-likeness (QED) is 0.515. The van der Waals surface area contributed by atoms with Crippen LogP contribution in [0.15, 0.2) is 84.0 Å². The average molecular weight is 481 g/mol. The van der Waals surface area contributed by atoms with Crippen LogP contribution >= 0.6 is 0 Å². The van der Waals surface area contributed by atoms with E-state index in [1.54, 1.807) is 0 Å². The number of alkyl halides is 3. The Bertz CT molecular complexity index is 1180. The highest BCUT2D eigenvalue weighted by Gasteiger charge is 2.35. The normalized spacial score (nSPS) is 21.7. The molecule has 2 aliphatic carbocycles. The van der Waals surface area contributed by atoms with Gasteiger partial charge < -0.3 is 15.0 Å². The zero-order valence-electron chi connectivity index (χ0n) is 19.2. The van der Waals surface area contributed by atoms with Crippen LogP contribution in [0.1, 0.15) is 36.3 Å². The van der Waals surface area contributed by atoms with Crippen LogP contribution in [0.3, 0.4) is 0 Å². The van der Waals surface area contributed by atoms with Crippen LogP contribution in [-0.4, -0.2) is 30.4 Å². The molecule has 35 heavy (non-hydrogen) atoms. The molecular formula is C28H27F3N2O2. The summed E-state index contributed by atoms with van der Waals surface area (Å²) in [4.78, 5) is 14.9. The monoisotopic (exact) mass is 480 g/mol. The summed E-state index contributed by atoms with van der Waals surface area (Å²) in [6.07, 6.45) is 7.92. The highest BCUT2D eigenvalue weighted by Crippen LogP contribution is 2.45. The molecule has 182 valence electrons. The second-order valence-corrected chi connectivity index (χ2v) is 9.21. The fraction of sp³-hybridized carbons (Fsp3) is 0.321. The van der Waals surface area contributed by atoms with Crippen LogP contribution in [0.4, 0.5) is 23.7 Å². The van der Waals surface area contributed by atoms with Gasteiger partial charge in [-0.05, 0) is 78.1 Å². The van der Waals surface area contributed by atoms with Crippen molar-refractivity contribution in [3.8, 4) is 5.75 Å². The summed E-state index contributed by atoms with van der Waals surface area (Å²) < 4.78 is 41.1. The predicted molar refractivity (Wildman–Crippen MR) is 129 cm³/mol. The van der Waals surface area contributed by atoms with Crippen molar-refractivity contribution in [2.75, 3.05) is 18.4 Å². The minimum atomic E-state index is -4.75. The van der Waals surface area contributed by atoms with Crippen molar-refractivity contribution in [1.29, 1.82) is 0 Å². The largest absolute Gasteiger partial charge is 0.573 e. The standard InChI is InChI=1S/C28H27F3N2O2/c29-28(30,31)35-23-15-13-22(14-16-23)32-27(34)33-17-5-8-21(18-33)26-24-9-3-1-6-19(24)11-12-20-7-2-4-10-25(20)26/h1-4,6,9-10,12-16,21,26H,5,7-8,11,17-18H2,(H,32,34). The first-order valence-corrected chi connectivity index (χ1v) is 11.9. The Morgan fingerprint density at radius 2 is 1.86 bits per heavy atom. The summed E-state index contributed by atoms with van der Waals surface area (Å²) in [6, 6.07) is 13.6. The smallest absolute Gasteiger partial charge is 0.406 e. The van der Waals surface area contributed by atoms with Crippen molar-refractivity contribution in [2.45, 2.75) is 38.0 Å². The molecular weight excluding hydrogens is 453 g/mol. The number of carbonyl (C=O) groups excluding carboxylic acids is 1. The fourth-order valence-electron chi connectivity index (χ4n) is 5.44. The molecule has 4 nitrogen and oxygen atoms in total. The molecule has 0 spiro atoms. The molecule has 0 saturated carbocycles. The van der Waals surface area contributed by atoms with E-state index in [9.17, 15) is 18.0 Å². The molecule has 1 heterocycles. The van der Waals surface area contributed by atoms with E-state index in [4.69, 9.17) is 0 Å². The Morgan fingerprint density at radius 1 is 1.06 bits per heavy atom. The van der Waals surface area contributed by atoms with Crippen LogP contribution in [-0.2, 0) is 6.42 Å². The van der Waals surface area contributed by atoms with E-state index in [0.717, 1.165) is 25.7 Å².